The molecule has 2 aromatic rings. The van der Waals surface area contributed by atoms with E-state index < -0.39 is 36.4 Å². The largest absolute Gasteiger partial charge is 0.454 e. The minimum atomic E-state index is -1.15. The first-order valence-corrected chi connectivity index (χ1v) is 12.5. The van der Waals surface area contributed by atoms with E-state index in [9.17, 15) is 19.2 Å². The van der Waals surface area contributed by atoms with Crippen LogP contribution in [0, 0.1) is 23.7 Å². The minimum Gasteiger partial charge on any atom is -0.454 e. The summed E-state index contributed by atoms with van der Waals surface area (Å²) in [5.41, 5.74) is 1.15. The molecule has 35 heavy (non-hydrogen) atoms. The van der Waals surface area contributed by atoms with E-state index in [0.717, 1.165) is 21.4 Å². The normalized spacial score (nSPS) is 25.0. The third kappa shape index (κ3) is 4.52. The van der Waals surface area contributed by atoms with E-state index in [2.05, 4.69) is 21.2 Å². The summed E-state index contributed by atoms with van der Waals surface area (Å²) in [4.78, 5) is 53.4. The van der Waals surface area contributed by atoms with Gasteiger partial charge in [-0.25, -0.2) is 4.79 Å². The third-order valence-electron chi connectivity index (χ3n) is 6.91. The van der Waals surface area contributed by atoms with Gasteiger partial charge in [-0.05, 0) is 42.0 Å². The van der Waals surface area contributed by atoms with Crippen LogP contribution in [0.5, 0.6) is 0 Å². The number of ether oxygens (including phenoxy) is 1. The molecule has 180 valence electrons. The van der Waals surface area contributed by atoms with E-state index in [1.54, 1.807) is 18.2 Å². The van der Waals surface area contributed by atoms with Crippen molar-refractivity contribution in [2.75, 3.05) is 11.9 Å². The highest BCUT2D eigenvalue weighted by molar-refractivity contribution is 9.10. The van der Waals surface area contributed by atoms with Gasteiger partial charge in [-0.15, -0.1) is 0 Å². The second-order valence-electron chi connectivity index (χ2n) is 9.03. The summed E-state index contributed by atoms with van der Waals surface area (Å²) in [6.07, 6.45) is 4.91. The molecule has 7 nitrogen and oxygen atoms in total. The number of imide groups is 1. The number of carbonyl (C=O) groups is 4. The van der Waals surface area contributed by atoms with Gasteiger partial charge in [0.25, 0.3) is 5.91 Å². The Morgan fingerprint density at radius 2 is 1.71 bits per heavy atom. The Balaban J connectivity index is 1.32. The number of amides is 3. The Labute approximate surface area is 215 Å². The molecule has 1 saturated carbocycles. The topological polar surface area (TPSA) is 92.8 Å². The SMILES string of the molecule is O=C(COC(=O)[C@H](Cc1ccccc1)N1C(=O)[C@@H]2[C@H](C1=O)[C@H]1C=C[C@H]2C1)Nc1ccc(Br)cc1Cl. The van der Waals surface area contributed by atoms with Crippen LogP contribution in [0.25, 0.3) is 0 Å². The van der Waals surface area contributed by atoms with Crippen LogP contribution in [0.3, 0.4) is 0 Å². The molecule has 9 heteroatoms. The lowest BCUT2D eigenvalue weighted by Crippen LogP contribution is -2.48. The number of esters is 1. The standard InChI is InChI=1S/C26H22BrClN2O5/c27-17-8-9-19(18(28)12-17)29-21(31)13-35-26(34)20(10-14-4-2-1-3-5-14)30-24(32)22-15-6-7-16(11-15)23(22)25(30)33/h1-9,12,15-16,20,22-23H,10-11,13H2,(H,29,31)/t15-,16-,20-,22-,23+/m0/s1. The Kier molecular flexibility index (Phi) is 6.51. The molecule has 1 aliphatic heterocycles. The summed E-state index contributed by atoms with van der Waals surface area (Å²) in [7, 11) is 0. The average molecular weight is 558 g/mol. The van der Waals surface area contributed by atoms with Crippen LogP contribution < -0.4 is 5.32 Å². The van der Waals surface area contributed by atoms with Crippen LogP contribution >= 0.6 is 27.5 Å². The predicted molar refractivity (Wildman–Crippen MR) is 132 cm³/mol. The molecule has 5 atom stereocenters. The van der Waals surface area contributed by atoms with Gasteiger partial charge in [-0.2, -0.15) is 0 Å². The molecule has 0 aromatic heterocycles. The van der Waals surface area contributed by atoms with Crippen molar-refractivity contribution in [3.63, 3.8) is 0 Å². The second kappa shape index (κ2) is 9.59. The van der Waals surface area contributed by atoms with Gasteiger partial charge >= 0.3 is 5.97 Å². The molecular weight excluding hydrogens is 536 g/mol. The number of nitrogens with zero attached hydrogens (tertiary/aromatic N) is 1. The van der Waals surface area contributed by atoms with Gasteiger partial charge in [-0.3, -0.25) is 19.3 Å². The minimum absolute atomic E-state index is 0.0290. The van der Waals surface area contributed by atoms with Crippen LogP contribution in [0.4, 0.5) is 5.69 Å². The van der Waals surface area contributed by atoms with Gasteiger partial charge < -0.3 is 10.1 Å². The van der Waals surface area contributed by atoms with Crippen molar-refractivity contribution in [3.05, 3.63) is 75.7 Å². The summed E-state index contributed by atoms with van der Waals surface area (Å²) in [6.45, 7) is -0.577. The number of rotatable bonds is 7. The Hall–Kier alpha value is -2.97. The van der Waals surface area contributed by atoms with Crippen molar-refractivity contribution in [2.24, 2.45) is 23.7 Å². The van der Waals surface area contributed by atoms with Crippen molar-refractivity contribution in [1.82, 2.24) is 4.90 Å². The first-order valence-electron chi connectivity index (χ1n) is 11.3. The highest BCUT2D eigenvalue weighted by Gasteiger charge is 2.61. The molecule has 0 unspecified atom stereocenters. The van der Waals surface area contributed by atoms with Crippen LogP contribution in [0.2, 0.25) is 5.02 Å². The maximum absolute atomic E-state index is 13.3. The monoisotopic (exact) mass is 556 g/mol. The third-order valence-corrected chi connectivity index (χ3v) is 7.72. The molecule has 2 fully saturated rings. The fraction of sp³-hybridized carbons (Fsp3) is 0.308. The molecule has 1 N–H and O–H groups in total. The number of carbonyl (C=O) groups excluding carboxylic acids is 4. The number of halogens is 2. The molecule has 0 spiro atoms. The number of hydrogen-bond donors (Lipinski definition) is 1. The van der Waals surface area contributed by atoms with E-state index in [1.807, 2.05) is 42.5 Å². The first kappa shape index (κ1) is 23.8. The molecule has 3 amide bonds. The van der Waals surface area contributed by atoms with Crippen molar-refractivity contribution >= 4 is 56.9 Å². The van der Waals surface area contributed by atoms with Gasteiger partial charge in [0.05, 0.1) is 22.5 Å². The number of benzene rings is 2. The smallest absolute Gasteiger partial charge is 0.330 e. The summed E-state index contributed by atoms with van der Waals surface area (Å²) in [5, 5.41) is 2.92. The van der Waals surface area contributed by atoms with E-state index in [4.69, 9.17) is 16.3 Å². The zero-order valence-electron chi connectivity index (χ0n) is 18.5. The summed E-state index contributed by atoms with van der Waals surface area (Å²) < 4.78 is 6.06. The van der Waals surface area contributed by atoms with Crippen LogP contribution in [0.15, 0.2) is 65.2 Å². The first-order chi connectivity index (χ1) is 16.8. The van der Waals surface area contributed by atoms with E-state index >= 15 is 0 Å². The summed E-state index contributed by atoms with van der Waals surface area (Å²) in [6, 6.07) is 12.9. The summed E-state index contributed by atoms with van der Waals surface area (Å²) in [5.74, 6) is -2.84. The number of nitrogens with one attached hydrogen (secondary N) is 1. The highest BCUT2D eigenvalue weighted by atomic mass is 79.9. The molecular formula is C26H22BrClN2O5. The fourth-order valence-electron chi connectivity index (χ4n) is 5.36. The van der Waals surface area contributed by atoms with Crippen molar-refractivity contribution in [1.29, 1.82) is 0 Å². The maximum Gasteiger partial charge on any atom is 0.330 e. The number of fused-ring (bicyclic) bond motifs is 5. The van der Waals surface area contributed by atoms with Gasteiger partial charge in [0, 0.05) is 10.9 Å². The van der Waals surface area contributed by atoms with E-state index in [0.29, 0.717) is 10.7 Å². The number of allylic oxidation sites excluding steroid dienone is 2. The maximum atomic E-state index is 13.3. The Morgan fingerprint density at radius 3 is 2.34 bits per heavy atom. The number of likely N-dealkylation sites (tertiary alicyclic amines) is 1. The summed E-state index contributed by atoms with van der Waals surface area (Å²) >= 11 is 9.43. The Morgan fingerprint density at radius 1 is 1.06 bits per heavy atom. The number of hydrogen-bond acceptors (Lipinski definition) is 5. The molecule has 1 saturated heterocycles. The molecule has 1 heterocycles. The zero-order valence-corrected chi connectivity index (χ0v) is 20.9. The van der Waals surface area contributed by atoms with E-state index in [1.165, 1.54) is 0 Å². The molecule has 5 rings (SSSR count). The lowest BCUT2D eigenvalue weighted by atomic mass is 9.85. The predicted octanol–water partition coefficient (Wildman–Crippen LogP) is 4.00. The van der Waals surface area contributed by atoms with Crippen molar-refractivity contribution in [2.45, 2.75) is 18.9 Å². The average Bonchev–Trinajstić information content (AvgIpc) is 3.52. The molecule has 2 aromatic carbocycles. The highest BCUT2D eigenvalue weighted by Crippen LogP contribution is 2.53. The lowest BCUT2D eigenvalue weighted by molar-refractivity contribution is -0.160. The Bertz CT molecular complexity index is 1200. The lowest BCUT2D eigenvalue weighted by Gasteiger charge is -2.26. The van der Waals surface area contributed by atoms with Gasteiger partial charge in [0.15, 0.2) is 6.61 Å². The molecule has 3 aliphatic rings. The van der Waals surface area contributed by atoms with Crippen LogP contribution in [-0.2, 0) is 30.3 Å². The van der Waals surface area contributed by atoms with Crippen LogP contribution in [-0.4, -0.2) is 41.2 Å². The molecule has 0 radical (unpaired) electrons. The quantitative estimate of drug-likeness (QED) is 0.316. The second-order valence-corrected chi connectivity index (χ2v) is 10.4. The van der Waals surface area contributed by atoms with Gasteiger partial charge in [-0.1, -0.05) is 70.0 Å². The van der Waals surface area contributed by atoms with Gasteiger partial charge in [0.2, 0.25) is 11.8 Å². The van der Waals surface area contributed by atoms with Crippen molar-refractivity contribution < 1.29 is 23.9 Å². The number of anilines is 1. The van der Waals surface area contributed by atoms with Crippen molar-refractivity contribution in [3.8, 4) is 0 Å². The fourth-order valence-corrected chi connectivity index (χ4v) is 6.08. The molecule has 2 bridgehead atoms. The van der Waals surface area contributed by atoms with Crippen LogP contribution in [0.1, 0.15) is 12.0 Å². The van der Waals surface area contributed by atoms with E-state index in [-0.39, 0.29) is 30.1 Å². The molecule has 2 aliphatic carbocycles. The zero-order chi connectivity index (χ0) is 24.7. The van der Waals surface area contributed by atoms with Gasteiger partial charge in [0.1, 0.15) is 6.04 Å².